The van der Waals surface area contributed by atoms with E-state index in [-0.39, 0.29) is 16.6 Å². The van der Waals surface area contributed by atoms with Gasteiger partial charge >= 0.3 is 0 Å². The summed E-state index contributed by atoms with van der Waals surface area (Å²) in [6.07, 6.45) is 3.91. The number of thiocarbonyl (C=S) groups is 1. The molecule has 0 spiro atoms. The zero-order chi connectivity index (χ0) is 20.5. The van der Waals surface area contributed by atoms with Gasteiger partial charge in [0, 0.05) is 24.6 Å². The quantitative estimate of drug-likeness (QED) is 0.273. The fraction of sp³-hybridized carbons (Fsp3) is 0.143. The van der Waals surface area contributed by atoms with E-state index in [1.54, 1.807) is 12.1 Å². The van der Waals surface area contributed by atoms with Crippen molar-refractivity contribution in [2.45, 2.75) is 6.42 Å². The van der Waals surface area contributed by atoms with Crippen LogP contribution in [0.3, 0.4) is 0 Å². The Labute approximate surface area is 173 Å². The number of hydrogen-bond donors (Lipinski definition) is 4. The van der Waals surface area contributed by atoms with Gasteiger partial charge in [-0.2, -0.15) is 5.10 Å². The standard InChI is InChI=1S/C21H21N5O2S/c27-18(12-11-15-7-2-1-3-8-15)24-21(29)23-14-6-13-22-19-16-9-4-5-10-17(16)20(28)26-25-19/h1-5,7-12H,6,13-14H2,(H,22,25)(H,26,28)(H2,23,24,27,29)/b12-11+. The third-order valence-corrected chi connectivity index (χ3v) is 4.34. The van der Waals surface area contributed by atoms with E-state index in [0.29, 0.717) is 24.3 Å². The molecule has 0 aliphatic carbocycles. The molecule has 4 N–H and O–H groups in total. The zero-order valence-electron chi connectivity index (χ0n) is 15.6. The predicted octanol–water partition coefficient (Wildman–Crippen LogP) is 2.43. The summed E-state index contributed by atoms with van der Waals surface area (Å²) in [5.41, 5.74) is 0.728. The van der Waals surface area contributed by atoms with Gasteiger partial charge in [-0.25, -0.2) is 5.10 Å². The van der Waals surface area contributed by atoms with E-state index >= 15 is 0 Å². The lowest BCUT2D eigenvalue weighted by atomic mass is 10.2. The van der Waals surface area contributed by atoms with Gasteiger partial charge in [-0.15, -0.1) is 0 Å². The molecule has 1 amide bonds. The van der Waals surface area contributed by atoms with Crippen molar-refractivity contribution in [3.63, 3.8) is 0 Å². The first-order chi connectivity index (χ1) is 14.1. The fourth-order valence-corrected chi connectivity index (χ4v) is 2.88. The Morgan fingerprint density at radius 2 is 1.76 bits per heavy atom. The third kappa shape index (κ3) is 5.98. The molecule has 29 heavy (non-hydrogen) atoms. The molecular formula is C21H21N5O2S. The van der Waals surface area contributed by atoms with E-state index in [1.807, 2.05) is 48.5 Å². The molecule has 1 heterocycles. The summed E-state index contributed by atoms with van der Waals surface area (Å²) in [6, 6.07) is 16.8. The molecule has 0 unspecified atom stereocenters. The average Bonchev–Trinajstić information content (AvgIpc) is 2.74. The molecule has 0 atom stereocenters. The van der Waals surface area contributed by atoms with Gasteiger partial charge in [0.05, 0.1) is 5.39 Å². The number of carbonyl (C=O) groups excluding carboxylic acids is 1. The number of aromatic amines is 1. The minimum Gasteiger partial charge on any atom is -0.368 e. The first-order valence-corrected chi connectivity index (χ1v) is 9.57. The fourth-order valence-electron chi connectivity index (χ4n) is 2.68. The minimum absolute atomic E-state index is 0.213. The van der Waals surface area contributed by atoms with Crippen molar-refractivity contribution in [1.29, 1.82) is 0 Å². The number of fused-ring (bicyclic) bond motifs is 1. The van der Waals surface area contributed by atoms with Gasteiger partial charge in [0.15, 0.2) is 10.9 Å². The predicted molar refractivity (Wildman–Crippen MR) is 120 cm³/mol. The number of H-pyrrole nitrogens is 1. The van der Waals surface area contributed by atoms with Crippen LogP contribution >= 0.6 is 12.2 Å². The number of anilines is 1. The van der Waals surface area contributed by atoms with Crippen molar-refractivity contribution >= 4 is 45.9 Å². The van der Waals surface area contributed by atoms with E-state index in [1.165, 1.54) is 6.08 Å². The van der Waals surface area contributed by atoms with Gasteiger partial charge < -0.3 is 10.6 Å². The van der Waals surface area contributed by atoms with E-state index in [9.17, 15) is 9.59 Å². The smallest absolute Gasteiger partial charge is 0.272 e. The Morgan fingerprint density at radius 1 is 1.03 bits per heavy atom. The van der Waals surface area contributed by atoms with Crippen LogP contribution in [0, 0.1) is 0 Å². The zero-order valence-corrected chi connectivity index (χ0v) is 16.5. The van der Waals surface area contributed by atoms with Crippen LogP contribution in [0.25, 0.3) is 16.8 Å². The highest BCUT2D eigenvalue weighted by Crippen LogP contribution is 2.16. The molecular weight excluding hydrogens is 386 g/mol. The Bertz CT molecular complexity index is 1080. The molecule has 2 aromatic carbocycles. The van der Waals surface area contributed by atoms with Crippen LogP contribution < -0.4 is 21.5 Å². The summed E-state index contributed by atoms with van der Waals surface area (Å²) in [5, 5.41) is 17.0. The number of rotatable bonds is 7. The molecule has 0 bridgehead atoms. The number of nitrogens with zero attached hydrogens (tertiary/aromatic N) is 1. The van der Waals surface area contributed by atoms with Crippen LogP contribution in [0.15, 0.2) is 65.5 Å². The largest absolute Gasteiger partial charge is 0.368 e. The molecule has 3 aromatic rings. The first-order valence-electron chi connectivity index (χ1n) is 9.17. The summed E-state index contributed by atoms with van der Waals surface area (Å²) in [7, 11) is 0. The third-order valence-electron chi connectivity index (χ3n) is 4.09. The highest BCUT2D eigenvalue weighted by molar-refractivity contribution is 7.80. The van der Waals surface area contributed by atoms with E-state index < -0.39 is 0 Å². The first kappa shape index (κ1) is 20.2. The average molecular weight is 407 g/mol. The second-order valence-corrected chi connectivity index (χ2v) is 6.62. The van der Waals surface area contributed by atoms with Gasteiger partial charge in [0.25, 0.3) is 5.56 Å². The van der Waals surface area contributed by atoms with Gasteiger partial charge in [-0.05, 0) is 36.3 Å². The molecule has 0 fully saturated rings. The molecule has 0 radical (unpaired) electrons. The van der Waals surface area contributed by atoms with E-state index in [4.69, 9.17) is 12.2 Å². The molecule has 3 rings (SSSR count). The topological polar surface area (TPSA) is 98.9 Å². The van der Waals surface area contributed by atoms with Crippen molar-refractivity contribution < 1.29 is 4.79 Å². The number of nitrogens with one attached hydrogen (secondary N) is 4. The van der Waals surface area contributed by atoms with Crippen molar-refractivity contribution in [2.75, 3.05) is 18.4 Å². The van der Waals surface area contributed by atoms with Gasteiger partial charge in [-0.1, -0.05) is 48.5 Å². The second-order valence-electron chi connectivity index (χ2n) is 6.22. The molecule has 0 saturated heterocycles. The van der Waals surface area contributed by atoms with Gasteiger partial charge in [-0.3, -0.25) is 14.9 Å². The van der Waals surface area contributed by atoms with E-state index in [2.05, 4.69) is 26.1 Å². The molecule has 0 saturated carbocycles. The molecule has 8 heteroatoms. The monoisotopic (exact) mass is 407 g/mol. The van der Waals surface area contributed by atoms with Crippen LogP contribution in [0.1, 0.15) is 12.0 Å². The highest BCUT2D eigenvalue weighted by atomic mass is 32.1. The maximum Gasteiger partial charge on any atom is 0.272 e. The SMILES string of the molecule is O=C(/C=C/c1ccccc1)NC(=S)NCCCNc1n[nH]c(=O)c2ccccc12. The van der Waals surface area contributed by atoms with Crippen LogP contribution in [0.2, 0.25) is 0 Å². The second kappa shape index (κ2) is 10.1. The lowest BCUT2D eigenvalue weighted by Gasteiger charge is -2.10. The maximum absolute atomic E-state index is 11.9. The van der Waals surface area contributed by atoms with Crippen LogP contribution in [0.5, 0.6) is 0 Å². The van der Waals surface area contributed by atoms with Crippen molar-refractivity contribution in [2.24, 2.45) is 0 Å². The van der Waals surface area contributed by atoms with Crippen molar-refractivity contribution in [1.82, 2.24) is 20.8 Å². The summed E-state index contributed by atoms with van der Waals surface area (Å²) in [4.78, 5) is 23.7. The Morgan fingerprint density at radius 3 is 2.55 bits per heavy atom. The molecule has 1 aromatic heterocycles. The number of carbonyl (C=O) groups is 1. The Hall–Kier alpha value is -3.52. The summed E-state index contributed by atoms with van der Waals surface area (Å²) in [6.45, 7) is 1.20. The molecule has 0 aliphatic heterocycles. The summed E-state index contributed by atoms with van der Waals surface area (Å²) in [5.74, 6) is 0.343. The van der Waals surface area contributed by atoms with Gasteiger partial charge in [0.2, 0.25) is 5.91 Å². The maximum atomic E-state index is 11.9. The van der Waals surface area contributed by atoms with Crippen molar-refractivity contribution in [3.05, 3.63) is 76.6 Å². The van der Waals surface area contributed by atoms with Crippen molar-refractivity contribution in [3.8, 4) is 0 Å². The number of hydrogen-bond acceptors (Lipinski definition) is 5. The molecule has 148 valence electrons. The normalized spacial score (nSPS) is 10.8. The minimum atomic E-state index is -0.284. The summed E-state index contributed by atoms with van der Waals surface area (Å²) < 4.78 is 0. The highest BCUT2D eigenvalue weighted by Gasteiger charge is 2.05. The van der Waals surface area contributed by atoms with Crippen LogP contribution in [-0.4, -0.2) is 34.3 Å². The van der Waals surface area contributed by atoms with Crippen LogP contribution in [0.4, 0.5) is 5.82 Å². The van der Waals surface area contributed by atoms with E-state index in [0.717, 1.165) is 17.4 Å². The lowest BCUT2D eigenvalue weighted by Crippen LogP contribution is -2.39. The lowest BCUT2D eigenvalue weighted by molar-refractivity contribution is -0.115. The molecule has 7 nitrogen and oxygen atoms in total. The Kier molecular flexibility index (Phi) is 7.07. The number of aromatic nitrogens is 2. The van der Waals surface area contributed by atoms with Crippen LogP contribution in [-0.2, 0) is 4.79 Å². The number of amides is 1. The molecule has 0 aliphatic rings. The number of benzene rings is 2. The summed E-state index contributed by atoms with van der Waals surface area (Å²) >= 11 is 5.13. The van der Waals surface area contributed by atoms with Gasteiger partial charge in [0.1, 0.15) is 0 Å². The Balaban J connectivity index is 1.39.